The van der Waals surface area contributed by atoms with Gasteiger partial charge in [-0.05, 0) is 34.4 Å². The van der Waals surface area contributed by atoms with Gasteiger partial charge < -0.3 is 9.52 Å². The Morgan fingerprint density at radius 2 is 2.25 bits per heavy atom. The molecule has 1 N–H and O–H groups in total. The third kappa shape index (κ3) is 3.43. The number of furan rings is 1. The molecule has 2 rings (SSSR count). The maximum atomic E-state index is 11.1. The summed E-state index contributed by atoms with van der Waals surface area (Å²) in [5.41, 5.74) is -0.0352. The number of hydrogen-bond donors (Lipinski definition) is 1. The maximum Gasteiger partial charge on any atom is 0.305 e. The third-order valence-corrected chi connectivity index (χ3v) is 2.84. The smallest absolute Gasteiger partial charge is 0.305 e. The molecule has 2 heterocycles. The SMILES string of the molecule is CC(C)(C)CC(CC(=O)O)n1nnnc1-c1ccco1. The van der Waals surface area contributed by atoms with Crippen LogP contribution < -0.4 is 0 Å². The van der Waals surface area contributed by atoms with Crippen molar-refractivity contribution in [2.24, 2.45) is 5.41 Å². The molecule has 108 valence electrons. The summed E-state index contributed by atoms with van der Waals surface area (Å²) >= 11 is 0. The van der Waals surface area contributed by atoms with Crippen LogP contribution in [0.25, 0.3) is 11.6 Å². The van der Waals surface area contributed by atoms with Crippen LogP contribution in [0.3, 0.4) is 0 Å². The molecular weight excluding hydrogens is 260 g/mol. The highest BCUT2D eigenvalue weighted by Crippen LogP contribution is 2.31. The van der Waals surface area contributed by atoms with Crippen LogP contribution in [-0.2, 0) is 4.79 Å². The van der Waals surface area contributed by atoms with Crippen LogP contribution in [-0.4, -0.2) is 31.3 Å². The second-order valence-electron chi connectivity index (χ2n) is 5.94. The molecular formula is C13H18N4O3. The molecule has 0 aliphatic heterocycles. The van der Waals surface area contributed by atoms with Gasteiger partial charge in [0, 0.05) is 0 Å². The highest BCUT2D eigenvalue weighted by atomic mass is 16.4. The van der Waals surface area contributed by atoms with E-state index < -0.39 is 5.97 Å². The summed E-state index contributed by atoms with van der Waals surface area (Å²) in [5, 5.41) is 20.6. The van der Waals surface area contributed by atoms with Gasteiger partial charge in [0.25, 0.3) is 0 Å². The Morgan fingerprint density at radius 1 is 1.50 bits per heavy atom. The molecule has 2 aromatic rings. The van der Waals surface area contributed by atoms with E-state index in [0.29, 0.717) is 18.0 Å². The minimum atomic E-state index is -0.875. The minimum Gasteiger partial charge on any atom is -0.481 e. The van der Waals surface area contributed by atoms with Gasteiger partial charge in [0.2, 0.25) is 5.82 Å². The molecule has 20 heavy (non-hydrogen) atoms. The molecule has 1 atom stereocenters. The normalized spacial score (nSPS) is 13.3. The molecule has 0 saturated carbocycles. The van der Waals surface area contributed by atoms with E-state index in [0.717, 1.165) is 0 Å². The first kappa shape index (κ1) is 14.2. The highest BCUT2D eigenvalue weighted by molar-refractivity contribution is 5.67. The van der Waals surface area contributed by atoms with E-state index in [1.165, 1.54) is 10.9 Å². The molecule has 7 nitrogen and oxygen atoms in total. The molecule has 0 bridgehead atoms. The van der Waals surface area contributed by atoms with Crippen LogP contribution in [0.4, 0.5) is 0 Å². The van der Waals surface area contributed by atoms with Crippen molar-refractivity contribution in [1.29, 1.82) is 0 Å². The first-order chi connectivity index (χ1) is 9.37. The Balaban J connectivity index is 2.34. The van der Waals surface area contributed by atoms with Gasteiger partial charge in [-0.2, -0.15) is 0 Å². The summed E-state index contributed by atoms with van der Waals surface area (Å²) in [7, 11) is 0. The van der Waals surface area contributed by atoms with Crippen molar-refractivity contribution in [3.8, 4) is 11.6 Å². The van der Waals surface area contributed by atoms with Crippen LogP contribution in [0.1, 0.15) is 39.7 Å². The van der Waals surface area contributed by atoms with E-state index >= 15 is 0 Å². The Hall–Kier alpha value is -2.18. The fraction of sp³-hybridized carbons (Fsp3) is 0.538. The number of nitrogens with zero attached hydrogens (tertiary/aromatic N) is 4. The Bertz CT molecular complexity index is 569. The van der Waals surface area contributed by atoms with Crippen molar-refractivity contribution < 1.29 is 14.3 Å². The van der Waals surface area contributed by atoms with Gasteiger partial charge in [0.05, 0.1) is 18.7 Å². The number of carbonyl (C=O) groups is 1. The van der Waals surface area contributed by atoms with Crippen LogP contribution in [0, 0.1) is 5.41 Å². The summed E-state index contributed by atoms with van der Waals surface area (Å²) in [4.78, 5) is 11.1. The molecule has 0 spiro atoms. The zero-order valence-electron chi connectivity index (χ0n) is 11.8. The Kier molecular flexibility index (Phi) is 3.87. The van der Waals surface area contributed by atoms with Gasteiger partial charge >= 0.3 is 5.97 Å². The fourth-order valence-corrected chi connectivity index (χ4v) is 2.16. The summed E-state index contributed by atoms with van der Waals surface area (Å²) in [6.45, 7) is 6.16. The average Bonchev–Trinajstić information content (AvgIpc) is 2.96. The molecule has 2 aromatic heterocycles. The molecule has 0 saturated heterocycles. The van der Waals surface area contributed by atoms with E-state index in [2.05, 4.69) is 36.3 Å². The number of tetrazole rings is 1. The lowest BCUT2D eigenvalue weighted by Crippen LogP contribution is -2.22. The molecule has 0 fully saturated rings. The first-order valence-corrected chi connectivity index (χ1v) is 6.40. The van der Waals surface area contributed by atoms with Crippen molar-refractivity contribution in [3.63, 3.8) is 0 Å². The quantitative estimate of drug-likeness (QED) is 0.902. The standard InChI is InChI=1S/C13H18N4O3/c1-13(2,3)8-9(7-11(18)19)17-12(14-15-16-17)10-5-4-6-20-10/h4-6,9H,7-8H2,1-3H3,(H,18,19). The van der Waals surface area contributed by atoms with Gasteiger partial charge in [-0.1, -0.05) is 20.8 Å². The van der Waals surface area contributed by atoms with Crippen molar-refractivity contribution in [3.05, 3.63) is 18.4 Å². The van der Waals surface area contributed by atoms with Crippen LogP contribution >= 0.6 is 0 Å². The second-order valence-corrected chi connectivity index (χ2v) is 5.94. The monoisotopic (exact) mass is 278 g/mol. The molecule has 0 aliphatic carbocycles. The third-order valence-electron chi connectivity index (χ3n) is 2.84. The van der Waals surface area contributed by atoms with Crippen molar-refractivity contribution in [1.82, 2.24) is 20.2 Å². The lowest BCUT2D eigenvalue weighted by Gasteiger charge is -2.25. The topological polar surface area (TPSA) is 94.0 Å². The summed E-state index contributed by atoms with van der Waals surface area (Å²) < 4.78 is 6.83. The molecule has 0 aliphatic rings. The summed E-state index contributed by atoms with van der Waals surface area (Å²) in [5.74, 6) is 0.102. The number of carboxylic acids is 1. The number of aliphatic carboxylic acids is 1. The van der Waals surface area contributed by atoms with Crippen molar-refractivity contribution in [2.45, 2.75) is 39.7 Å². The summed E-state index contributed by atoms with van der Waals surface area (Å²) in [6, 6.07) is 3.17. The van der Waals surface area contributed by atoms with Crippen LogP contribution in [0.15, 0.2) is 22.8 Å². The van der Waals surface area contributed by atoms with Gasteiger partial charge in [0.15, 0.2) is 5.76 Å². The van der Waals surface area contributed by atoms with Crippen molar-refractivity contribution >= 4 is 5.97 Å². The molecule has 0 amide bonds. The van der Waals surface area contributed by atoms with Gasteiger partial charge in [-0.15, -0.1) is 5.10 Å². The molecule has 7 heteroatoms. The van der Waals surface area contributed by atoms with Gasteiger partial charge in [0.1, 0.15) is 0 Å². The predicted octanol–water partition coefficient (Wildman–Crippen LogP) is 2.39. The van der Waals surface area contributed by atoms with E-state index in [4.69, 9.17) is 9.52 Å². The van der Waals surface area contributed by atoms with E-state index in [9.17, 15) is 4.79 Å². The Labute approximate surface area is 116 Å². The van der Waals surface area contributed by atoms with Crippen molar-refractivity contribution in [2.75, 3.05) is 0 Å². The van der Waals surface area contributed by atoms with Crippen LogP contribution in [0.2, 0.25) is 0 Å². The van der Waals surface area contributed by atoms with Gasteiger partial charge in [-0.3, -0.25) is 4.79 Å². The maximum absolute atomic E-state index is 11.1. The lowest BCUT2D eigenvalue weighted by molar-refractivity contribution is -0.138. The molecule has 0 aromatic carbocycles. The van der Waals surface area contributed by atoms with E-state index in [1.807, 2.05) is 0 Å². The minimum absolute atomic E-state index is 0.0317. The Morgan fingerprint density at radius 3 is 2.80 bits per heavy atom. The van der Waals surface area contributed by atoms with E-state index in [1.54, 1.807) is 12.1 Å². The van der Waals surface area contributed by atoms with E-state index in [-0.39, 0.29) is 17.9 Å². The molecule has 0 radical (unpaired) electrons. The average molecular weight is 278 g/mol. The lowest BCUT2D eigenvalue weighted by atomic mass is 9.87. The number of hydrogen-bond acceptors (Lipinski definition) is 5. The largest absolute Gasteiger partial charge is 0.481 e. The fourth-order valence-electron chi connectivity index (χ4n) is 2.16. The second kappa shape index (κ2) is 5.44. The summed E-state index contributed by atoms with van der Waals surface area (Å²) in [6.07, 6.45) is 2.15. The van der Waals surface area contributed by atoms with Crippen LogP contribution in [0.5, 0.6) is 0 Å². The number of aromatic nitrogens is 4. The zero-order valence-corrected chi connectivity index (χ0v) is 11.8. The predicted molar refractivity (Wildman–Crippen MR) is 70.9 cm³/mol. The van der Waals surface area contributed by atoms with Gasteiger partial charge in [-0.25, -0.2) is 4.68 Å². The number of carboxylic acid groups (broad SMARTS) is 1. The number of rotatable bonds is 5. The first-order valence-electron chi connectivity index (χ1n) is 6.40. The highest BCUT2D eigenvalue weighted by Gasteiger charge is 2.27. The molecule has 1 unspecified atom stereocenters. The zero-order chi connectivity index (χ0) is 14.8.